The average molecular weight is 422 g/mol. The van der Waals surface area contributed by atoms with E-state index in [0.29, 0.717) is 13.1 Å². The quantitative estimate of drug-likeness (QED) is 0.766. The van der Waals surface area contributed by atoms with Crippen LogP contribution in [0, 0.1) is 11.8 Å². The van der Waals surface area contributed by atoms with Gasteiger partial charge in [0.25, 0.3) is 0 Å². The van der Waals surface area contributed by atoms with Crippen LogP contribution in [-0.2, 0) is 14.8 Å². The molecule has 0 aliphatic carbocycles. The van der Waals surface area contributed by atoms with Gasteiger partial charge in [0.1, 0.15) is 0 Å². The monoisotopic (exact) mass is 421 g/mol. The van der Waals surface area contributed by atoms with Crippen molar-refractivity contribution in [1.82, 2.24) is 9.62 Å². The number of hydrogen-bond donors (Lipinski definition) is 1. The summed E-state index contributed by atoms with van der Waals surface area (Å²) in [4.78, 5) is 15.2. The van der Waals surface area contributed by atoms with Gasteiger partial charge in [-0.1, -0.05) is 19.1 Å². The lowest BCUT2D eigenvalue weighted by Gasteiger charge is -2.33. The zero-order valence-corrected chi connectivity index (χ0v) is 18.7. The summed E-state index contributed by atoms with van der Waals surface area (Å²) in [6, 6.07) is 8.37. The molecule has 0 spiro atoms. The molecule has 2 aliphatic heterocycles. The fourth-order valence-corrected chi connectivity index (χ4v) is 5.58. The Kier molecular flexibility index (Phi) is 7.22. The maximum absolute atomic E-state index is 12.8. The number of anilines is 1. The number of nitrogens with one attached hydrogen (secondary N) is 1. The third kappa shape index (κ3) is 5.51. The summed E-state index contributed by atoms with van der Waals surface area (Å²) in [7, 11) is -3.24. The average Bonchev–Trinajstić information content (AvgIpc) is 2.74. The van der Waals surface area contributed by atoms with Crippen molar-refractivity contribution in [2.45, 2.75) is 52.5 Å². The smallest absolute Gasteiger partial charge is 0.224 e. The molecule has 3 atom stereocenters. The van der Waals surface area contributed by atoms with Crippen molar-refractivity contribution < 1.29 is 13.2 Å². The standard InChI is InChI=1S/C22H35N3O3S/c1-4-29(27,28)25-14-6-8-20(16-25)22(26)23-18(3)19-9-11-21(12-10-19)24-13-5-7-17(2)15-24/h9-12,17-18,20H,4-8,13-16H2,1-3H3,(H,23,26)/t17-,18-,20-/m0/s1. The third-order valence-electron chi connectivity index (χ3n) is 6.29. The maximum atomic E-state index is 12.8. The predicted molar refractivity (Wildman–Crippen MR) is 117 cm³/mol. The molecule has 2 heterocycles. The summed E-state index contributed by atoms with van der Waals surface area (Å²) in [5.41, 5.74) is 2.31. The topological polar surface area (TPSA) is 69.7 Å². The highest BCUT2D eigenvalue weighted by Crippen LogP contribution is 2.25. The van der Waals surface area contributed by atoms with Gasteiger partial charge in [-0.2, -0.15) is 0 Å². The lowest BCUT2D eigenvalue weighted by Crippen LogP contribution is -2.46. The van der Waals surface area contributed by atoms with Crippen LogP contribution in [0.2, 0.25) is 0 Å². The number of amides is 1. The number of nitrogens with zero attached hydrogens (tertiary/aromatic N) is 2. The molecular weight excluding hydrogens is 386 g/mol. The zero-order valence-electron chi connectivity index (χ0n) is 17.9. The van der Waals surface area contributed by atoms with Crippen LogP contribution in [0.5, 0.6) is 0 Å². The van der Waals surface area contributed by atoms with Crippen LogP contribution in [-0.4, -0.2) is 50.6 Å². The molecular formula is C22H35N3O3S. The Labute approximate surface area is 175 Å². The maximum Gasteiger partial charge on any atom is 0.224 e. The molecule has 1 N–H and O–H groups in total. The van der Waals surface area contributed by atoms with E-state index in [2.05, 4.69) is 41.4 Å². The molecule has 0 unspecified atom stereocenters. The molecule has 0 saturated carbocycles. The Bertz CT molecular complexity index is 794. The van der Waals surface area contributed by atoms with E-state index in [1.54, 1.807) is 6.92 Å². The van der Waals surface area contributed by atoms with Crippen LogP contribution < -0.4 is 10.2 Å². The van der Waals surface area contributed by atoms with Gasteiger partial charge in [-0.25, -0.2) is 12.7 Å². The van der Waals surface area contributed by atoms with E-state index in [9.17, 15) is 13.2 Å². The first-order chi connectivity index (χ1) is 13.8. The highest BCUT2D eigenvalue weighted by Gasteiger charge is 2.31. The molecule has 7 heteroatoms. The molecule has 162 valence electrons. The Morgan fingerprint density at radius 3 is 2.48 bits per heavy atom. The van der Waals surface area contributed by atoms with Crippen LogP contribution in [0.25, 0.3) is 0 Å². The second kappa shape index (κ2) is 9.47. The molecule has 1 aromatic rings. The predicted octanol–water partition coefficient (Wildman–Crippen LogP) is 3.16. The van der Waals surface area contributed by atoms with Crippen LogP contribution >= 0.6 is 0 Å². The Balaban J connectivity index is 1.58. The van der Waals surface area contributed by atoms with Crippen molar-refractivity contribution in [3.63, 3.8) is 0 Å². The van der Waals surface area contributed by atoms with E-state index in [-0.39, 0.29) is 23.6 Å². The van der Waals surface area contributed by atoms with E-state index >= 15 is 0 Å². The van der Waals surface area contributed by atoms with E-state index in [0.717, 1.165) is 37.4 Å². The fourth-order valence-electron chi connectivity index (χ4n) is 4.40. The normalized spacial score (nSPS) is 24.9. The lowest BCUT2D eigenvalue weighted by molar-refractivity contribution is -0.126. The van der Waals surface area contributed by atoms with Gasteiger partial charge < -0.3 is 10.2 Å². The second-order valence-corrected chi connectivity index (χ2v) is 10.9. The van der Waals surface area contributed by atoms with Crippen molar-refractivity contribution in [2.24, 2.45) is 11.8 Å². The number of hydrogen-bond acceptors (Lipinski definition) is 4. The molecule has 2 saturated heterocycles. The summed E-state index contributed by atoms with van der Waals surface area (Å²) < 4.78 is 25.8. The number of piperidine rings is 2. The summed E-state index contributed by atoms with van der Waals surface area (Å²) in [5.74, 6) is 0.483. The van der Waals surface area contributed by atoms with Crippen LogP contribution in [0.1, 0.15) is 58.1 Å². The Morgan fingerprint density at radius 2 is 1.83 bits per heavy atom. The minimum atomic E-state index is -3.24. The summed E-state index contributed by atoms with van der Waals surface area (Å²) >= 11 is 0. The SMILES string of the molecule is CCS(=O)(=O)N1CCC[C@H](C(=O)N[C@@H](C)c2ccc(N3CCC[C@H](C)C3)cc2)C1. The second-order valence-electron chi connectivity index (χ2n) is 8.61. The van der Waals surface area contributed by atoms with Gasteiger partial charge in [0.2, 0.25) is 15.9 Å². The van der Waals surface area contributed by atoms with E-state index in [1.165, 1.54) is 22.8 Å². The minimum absolute atomic E-state index is 0.0533. The van der Waals surface area contributed by atoms with Crippen molar-refractivity contribution in [1.29, 1.82) is 0 Å². The Morgan fingerprint density at radius 1 is 1.14 bits per heavy atom. The largest absolute Gasteiger partial charge is 0.371 e. The number of carbonyl (C=O) groups is 1. The summed E-state index contributed by atoms with van der Waals surface area (Å²) in [6.07, 6.45) is 4.01. The lowest BCUT2D eigenvalue weighted by atomic mass is 9.97. The van der Waals surface area contributed by atoms with Crippen molar-refractivity contribution >= 4 is 21.6 Å². The van der Waals surface area contributed by atoms with Gasteiger partial charge in [-0.15, -0.1) is 0 Å². The number of benzene rings is 1. The van der Waals surface area contributed by atoms with Gasteiger partial charge in [-0.05, 0) is 63.1 Å². The van der Waals surface area contributed by atoms with Crippen LogP contribution in [0.4, 0.5) is 5.69 Å². The molecule has 0 bridgehead atoms. The molecule has 6 nitrogen and oxygen atoms in total. The van der Waals surface area contributed by atoms with Gasteiger partial charge in [0, 0.05) is 31.9 Å². The van der Waals surface area contributed by atoms with Gasteiger partial charge in [0.15, 0.2) is 0 Å². The Hall–Kier alpha value is -1.60. The van der Waals surface area contributed by atoms with Crippen LogP contribution in [0.15, 0.2) is 24.3 Å². The van der Waals surface area contributed by atoms with Crippen molar-refractivity contribution in [2.75, 3.05) is 36.8 Å². The molecule has 2 fully saturated rings. The minimum Gasteiger partial charge on any atom is -0.371 e. The van der Waals surface area contributed by atoms with Crippen molar-refractivity contribution in [3.05, 3.63) is 29.8 Å². The molecule has 0 radical (unpaired) electrons. The number of rotatable bonds is 6. The molecule has 1 aromatic carbocycles. The zero-order chi connectivity index (χ0) is 21.0. The highest BCUT2D eigenvalue weighted by molar-refractivity contribution is 7.89. The molecule has 0 aromatic heterocycles. The van der Waals surface area contributed by atoms with Crippen molar-refractivity contribution in [3.8, 4) is 0 Å². The summed E-state index contributed by atoms with van der Waals surface area (Å²) in [5, 5.41) is 3.09. The van der Waals surface area contributed by atoms with E-state index < -0.39 is 10.0 Å². The number of sulfonamides is 1. The van der Waals surface area contributed by atoms with Gasteiger partial charge >= 0.3 is 0 Å². The third-order valence-corrected chi connectivity index (χ3v) is 8.14. The first kappa shape index (κ1) is 22.1. The molecule has 1 amide bonds. The molecule has 2 aliphatic rings. The van der Waals surface area contributed by atoms with Crippen LogP contribution in [0.3, 0.4) is 0 Å². The van der Waals surface area contributed by atoms with E-state index in [4.69, 9.17) is 0 Å². The van der Waals surface area contributed by atoms with Gasteiger partial charge in [-0.3, -0.25) is 4.79 Å². The number of carbonyl (C=O) groups excluding carboxylic acids is 1. The highest BCUT2D eigenvalue weighted by atomic mass is 32.2. The molecule has 29 heavy (non-hydrogen) atoms. The fraction of sp³-hybridized carbons (Fsp3) is 0.682. The van der Waals surface area contributed by atoms with Gasteiger partial charge in [0.05, 0.1) is 17.7 Å². The first-order valence-electron chi connectivity index (χ1n) is 10.9. The molecule has 3 rings (SSSR count). The van der Waals surface area contributed by atoms with E-state index in [1.807, 2.05) is 6.92 Å². The summed E-state index contributed by atoms with van der Waals surface area (Å²) in [6.45, 7) is 8.96. The first-order valence-corrected chi connectivity index (χ1v) is 12.5.